The molecule has 0 aliphatic carbocycles. The summed E-state index contributed by atoms with van der Waals surface area (Å²) in [5, 5.41) is 25.8. The Labute approximate surface area is 169 Å². The number of carboxylic acid groups (broad SMARTS) is 1. The number of hydrogen-bond donors (Lipinski definition) is 6. The van der Waals surface area contributed by atoms with Crippen molar-refractivity contribution in [1.82, 2.24) is 16.0 Å². The number of amides is 3. The minimum absolute atomic E-state index is 0.255. The van der Waals surface area contributed by atoms with Gasteiger partial charge < -0.3 is 31.9 Å². The number of nitrogens with one attached hydrogen (secondary N) is 3. The maximum absolute atomic E-state index is 12.6. The van der Waals surface area contributed by atoms with E-state index in [0.717, 1.165) is 0 Å². The molecule has 0 saturated heterocycles. The zero-order valence-electron chi connectivity index (χ0n) is 16.7. The van der Waals surface area contributed by atoms with Gasteiger partial charge in [0, 0.05) is 0 Å². The Morgan fingerprint density at radius 3 is 2.18 bits per heavy atom. The molecule has 5 atom stereocenters. The van der Waals surface area contributed by atoms with Gasteiger partial charge in [0.05, 0.1) is 12.6 Å². The SMILES string of the molecule is CCC(C)C(NC(=O)CNC(=O)C(N)C(C)O)C(=O)NC(CCSC)C(=O)O. The zero-order chi connectivity index (χ0) is 21.9. The fourth-order valence-electron chi connectivity index (χ4n) is 2.19. The van der Waals surface area contributed by atoms with Gasteiger partial charge in [-0.05, 0) is 31.3 Å². The van der Waals surface area contributed by atoms with Gasteiger partial charge in [-0.3, -0.25) is 14.4 Å². The molecule has 0 saturated carbocycles. The molecule has 0 aromatic rings. The van der Waals surface area contributed by atoms with E-state index >= 15 is 0 Å². The number of aliphatic hydroxyl groups excluding tert-OH is 1. The summed E-state index contributed by atoms with van der Waals surface area (Å²) in [6.07, 6.45) is 1.59. The molecule has 0 bridgehead atoms. The van der Waals surface area contributed by atoms with E-state index in [4.69, 9.17) is 5.73 Å². The molecule has 7 N–H and O–H groups in total. The van der Waals surface area contributed by atoms with Crippen molar-refractivity contribution >= 4 is 35.5 Å². The molecule has 10 nitrogen and oxygen atoms in total. The molecular formula is C17H32N4O6S. The molecule has 5 unspecified atom stereocenters. The first kappa shape index (κ1) is 26.1. The molecule has 11 heteroatoms. The van der Waals surface area contributed by atoms with E-state index in [2.05, 4.69) is 16.0 Å². The number of hydrogen-bond acceptors (Lipinski definition) is 7. The van der Waals surface area contributed by atoms with Crippen molar-refractivity contribution in [3.63, 3.8) is 0 Å². The maximum Gasteiger partial charge on any atom is 0.326 e. The molecule has 0 aromatic heterocycles. The lowest BCUT2D eigenvalue weighted by Crippen LogP contribution is -2.56. The van der Waals surface area contributed by atoms with Gasteiger partial charge in [0.15, 0.2) is 0 Å². The van der Waals surface area contributed by atoms with Crippen molar-refractivity contribution < 1.29 is 29.4 Å². The number of carboxylic acids is 1. The predicted molar refractivity (Wildman–Crippen MR) is 107 cm³/mol. The summed E-state index contributed by atoms with van der Waals surface area (Å²) in [6, 6.07) is -3.17. The Hall–Kier alpha value is -1.85. The van der Waals surface area contributed by atoms with Crippen LogP contribution in [0.15, 0.2) is 0 Å². The molecule has 0 spiro atoms. The Bertz CT molecular complexity index is 546. The van der Waals surface area contributed by atoms with Crippen molar-refractivity contribution in [2.75, 3.05) is 18.6 Å². The van der Waals surface area contributed by atoms with Crippen LogP contribution >= 0.6 is 11.8 Å². The summed E-state index contributed by atoms with van der Waals surface area (Å²) in [4.78, 5) is 47.7. The maximum atomic E-state index is 12.6. The van der Waals surface area contributed by atoms with Crippen LogP contribution in [0.3, 0.4) is 0 Å². The highest BCUT2D eigenvalue weighted by Gasteiger charge is 2.30. The van der Waals surface area contributed by atoms with Gasteiger partial charge in [0.2, 0.25) is 17.7 Å². The van der Waals surface area contributed by atoms with E-state index < -0.39 is 54.5 Å². The molecule has 0 heterocycles. The van der Waals surface area contributed by atoms with E-state index in [-0.39, 0.29) is 12.3 Å². The highest BCUT2D eigenvalue weighted by molar-refractivity contribution is 7.98. The third-order valence-corrected chi connectivity index (χ3v) is 4.93. The van der Waals surface area contributed by atoms with Crippen LogP contribution < -0.4 is 21.7 Å². The van der Waals surface area contributed by atoms with Crippen LogP contribution in [0.25, 0.3) is 0 Å². The quantitative estimate of drug-likeness (QED) is 0.213. The lowest BCUT2D eigenvalue weighted by molar-refractivity contribution is -0.142. The van der Waals surface area contributed by atoms with E-state index in [1.54, 1.807) is 6.92 Å². The van der Waals surface area contributed by atoms with Crippen molar-refractivity contribution in [2.45, 2.75) is 57.8 Å². The first-order valence-corrected chi connectivity index (χ1v) is 10.5. The van der Waals surface area contributed by atoms with Crippen LogP contribution in [0.1, 0.15) is 33.6 Å². The second kappa shape index (κ2) is 13.3. The molecule has 28 heavy (non-hydrogen) atoms. The lowest BCUT2D eigenvalue weighted by atomic mass is 9.97. The third-order valence-electron chi connectivity index (χ3n) is 4.28. The molecule has 0 rings (SSSR count). The number of carbonyl (C=O) groups is 4. The van der Waals surface area contributed by atoms with Crippen molar-refractivity contribution in [3.8, 4) is 0 Å². The Morgan fingerprint density at radius 2 is 1.71 bits per heavy atom. The second-order valence-electron chi connectivity index (χ2n) is 6.60. The van der Waals surface area contributed by atoms with Crippen molar-refractivity contribution in [3.05, 3.63) is 0 Å². The summed E-state index contributed by atoms with van der Waals surface area (Å²) in [5.41, 5.74) is 5.47. The van der Waals surface area contributed by atoms with Crippen LogP contribution in [-0.4, -0.2) is 76.7 Å². The fraction of sp³-hybridized carbons (Fsp3) is 0.765. The zero-order valence-corrected chi connectivity index (χ0v) is 17.5. The summed E-state index contributed by atoms with van der Waals surface area (Å²) in [6.45, 7) is 4.52. The highest BCUT2D eigenvalue weighted by Crippen LogP contribution is 2.09. The monoisotopic (exact) mass is 420 g/mol. The van der Waals surface area contributed by atoms with Gasteiger partial charge in [0.25, 0.3) is 0 Å². The van der Waals surface area contributed by atoms with E-state index in [1.807, 2.05) is 13.2 Å². The summed E-state index contributed by atoms with van der Waals surface area (Å²) >= 11 is 1.47. The highest BCUT2D eigenvalue weighted by atomic mass is 32.2. The van der Waals surface area contributed by atoms with E-state index in [9.17, 15) is 29.4 Å². The molecule has 162 valence electrons. The fourth-order valence-corrected chi connectivity index (χ4v) is 2.66. The number of aliphatic carboxylic acids is 1. The molecule has 0 aliphatic rings. The van der Waals surface area contributed by atoms with Gasteiger partial charge in [-0.1, -0.05) is 20.3 Å². The van der Waals surface area contributed by atoms with E-state index in [1.165, 1.54) is 18.7 Å². The molecule has 0 aromatic carbocycles. The number of rotatable bonds is 13. The van der Waals surface area contributed by atoms with Crippen molar-refractivity contribution in [1.29, 1.82) is 0 Å². The summed E-state index contributed by atoms with van der Waals surface area (Å²) in [5.74, 6) is -2.75. The third kappa shape index (κ3) is 9.38. The minimum atomic E-state index is -1.17. The van der Waals surface area contributed by atoms with E-state index in [0.29, 0.717) is 12.2 Å². The predicted octanol–water partition coefficient (Wildman–Crippen LogP) is -1.34. The second-order valence-corrected chi connectivity index (χ2v) is 7.58. The van der Waals surface area contributed by atoms with Crippen LogP contribution in [0, 0.1) is 5.92 Å². The topological polar surface area (TPSA) is 171 Å². The standard InChI is InChI=1S/C17H32N4O6S/c1-5-9(2)14(16(25)20-11(17(26)27)6-7-28-4)21-12(23)8-19-15(24)13(18)10(3)22/h9-11,13-14,22H,5-8,18H2,1-4H3,(H,19,24)(H,20,25)(H,21,23)(H,26,27). The Kier molecular flexibility index (Phi) is 12.5. The Morgan fingerprint density at radius 1 is 1.11 bits per heavy atom. The van der Waals surface area contributed by atoms with Gasteiger partial charge in [-0.15, -0.1) is 0 Å². The van der Waals surface area contributed by atoms with Gasteiger partial charge in [-0.2, -0.15) is 11.8 Å². The van der Waals surface area contributed by atoms with Crippen LogP contribution in [0.4, 0.5) is 0 Å². The lowest BCUT2D eigenvalue weighted by Gasteiger charge is -2.25. The number of nitrogens with two attached hydrogens (primary N) is 1. The number of carbonyl (C=O) groups excluding carboxylic acids is 3. The van der Waals surface area contributed by atoms with Gasteiger partial charge in [-0.25, -0.2) is 4.79 Å². The largest absolute Gasteiger partial charge is 0.480 e. The van der Waals surface area contributed by atoms with Crippen LogP contribution in [-0.2, 0) is 19.2 Å². The summed E-state index contributed by atoms with van der Waals surface area (Å²) in [7, 11) is 0. The number of aliphatic hydroxyl groups is 1. The average Bonchev–Trinajstić information content (AvgIpc) is 2.65. The molecular weight excluding hydrogens is 388 g/mol. The molecule has 3 amide bonds. The van der Waals surface area contributed by atoms with Gasteiger partial charge >= 0.3 is 5.97 Å². The molecule has 0 fully saturated rings. The molecule has 0 radical (unpaired) electrons. The average molecular weight is 421 g/mol. The normalized spacial score (nSPS) is 16.2. The van der Waals surface area contributed by atoms with Crippen LogP contribution in [0.2, 0.25) is 0 Å². The molecule has 0 aliphatic heterocycles. The first-order valence-electron chi connectivity index (χ1n) is 9.07. The number of thioether (sulfide) groups is 1. The van der Waals surface area contributed by atoms with Crippen molar-refractivity contribution in [2.24, 2.45) is 11.7 Å². The van der Waals surface area contributed by atoms with Crippen LogP contribution in [0.5, 0.6) is 0 Å². The summed E-state index contributed by atoms with van der Waals surface area (Å²) < 4.78 is 0. The first-order chi connectivity index (χ1) is 13.0. The Balaban J connectivity index is 4.93. The smallest absolute Gasteiger partial charge is 0.326 e. The van der Waals surface area contributed by atoms with Gasteiger partial charge in [0.1, 0.15) is 18.1 Å². The minimum Gasteiger partial charge on any atom is -0.480 e.